The third kappa shape index (κ3) is 5.68. The average molecular weight is 460 g/mol. The molecule has 0 unspecified atom stereocenters. The molecule has 0 radical (unpaired) electrons. The Bertz CT molecular complexity index is 1200. The van der Waals surface area contributed by atoms with Crippen molar-refractivity contribution in [1.29, 1.82) is 0 Å². The lowest BCUT2D eigenvalue weighted by Gasteiger charge is -2.15. The molecule has 2 N–H and O–H groups in total. The lowest BCUT2D eigenvalue weighted by molar-refractivity contribution is 0.0949. The fourth-order valence-corrected chi connectivity index (χ4v) is 4.35. The highest BCUT2D eigenvalue weighted by Crippen LogP contribution is 2.23. The number of aromatic nitrogens is 2. The monoisotopic (exact) mass is 459 g/mol. The van der Waals surface area contributed by atoms with Crippen molar-refractivity contribution in [3.63, 3.8) is 0 Å². The Labute approximate surface area is 202 Å². The van der Waals surface area contributed by atoms with E-state index in [1.165, 1.54) is 12.8 Å². The highest BCUT2D eigenvalue weighted by molar-refractivity contribution is 5.96. The Hall–Kier alpha value is -3.55. The summed E-state index contributed by atoms with van der Waals surface area (Å²) in [4.78, 5) is 24.4. The number of likely N-dealkylation sites (tertiary alicyclic amines) is 1. The lowest BCUT2D eigenvalue weighted by Crippen LogP contribution is -2.33. The summed E-state index contributed by atoms with van der Waals surface area (Å²) < 4.78 is 5.84. The van der Waals surface area contributed by atoms with E-state index in [0.717, 1.165) is 47.7 Å². The Morgan fingerprint density at radius 3 is 2.97 bits per heavy atom. The number of nitrogens with one attached hydrogen (secondary N) is 2. The fraction of sp³-hybridized carbons (Fsp3) is 0.296. The zero-order valence-electron chi connectivity index (χ0n) is 19.2. The van der Waals surface area contributed by atoms with Gasteiger partial charge in [0.2, 0.25) is 5.95 Å². The average Bonchev–Trinajstić information content (AvgIpc) is 3.37. The van der Waals surface area contributed by atoms with Gasteiger partial charge in [-0.05, 0) is 67.4 Å². The van der Waals surface area contributed by atoms with E-state index >= 15 is 0 Å². The van der Waals surface area contributed by atoms with Crippen LogP contribution in [-0.2, 0) is 11.3 Å². The van der Waals surface area contributed by atoms with E-state index in [-0.39, 0.29) is 8.76 Å². The Morgan fingerprint density at radius 1 is 1.15 bits per heavy atom. The van der Waals surface area contributed by atoms with Gasteiger partial charge < -0.3 is 20.3 Å². The van der Waals surface area contributed by atoms with Crippen LogP contribution in [0.15, 0.2) is 60.8 Å². The maximum absolute atomic E-state index is 12.9. The van der Waals surface area contributed by atoms with Crippen molar-refractivity contribution in [2.75, 3.05) is 38.1 Å². The van der Waals surface area contributed by atoms with E-state index in [9.17, 15) is 4.79 Å². The molecule has 6 bridgehead atoms. The molecule has 0 aliphatic carbocycles. The molecule has 1 aromatic heterocycles. The van der Waals surface area contributed by atoms with Gasteiger partial charge in [0.15, 0.2) is 0 Å². The summed E-state index contributed by atoms with van der Waals surface area (Å²) in [5.41, 5.74) is 5.17. The number of anilines is 2. The fourth-order valence-electron chi connectivity index (χ4n) is 4.35. The maximum atomic E-state index is 12.9. The van der Waals surface area contributed by atoms with Gasteiger partial charge in [-0.1, -0.05) is 30.4 Å². The van der Waals surface area contributed by atoms with Gasteiger partial charge in [-0.3, -0.25) is 4.79 Å². The van der Waals surface area contributed by atoms with E-state index in [4.69, 9.17) is 9.72 Å². The normalized spacial score (nSPS) is 16.7. The predicted octanol–water partition coefficient (Wildman–Crippen LogP) is 4.75. The van der Waals surface area contributed by atoms with Crippen molar-refractivity contribution in [2.45, 2.75) is 19.4 Å². The Kier molecular flexibility index (Phi) is 6.93. The third-order valence-corrected chi connectivity index (χ3v) is 6.06. The zero-order valence-corrected chi connectivity index (χ0v) is 19.2. The SMILES string of the molecule is O=C(NCCN1CCCC1)c1cc2cc(c1)Nc1nccc(n1)-c1cccc(c1)COC/C=C/2.[HH].[HH]. The first-order valence-electron chi connectivity index (χ1n) is 11.8. The van der Waals surface area contributed by atoms with Crippen LogP contribution in [-0.4, -0.2) is 53.6 Å². The molecular weight excluding hydrogens is 426 g/mol. The predicted molar refractivity (Wildman–Crippen MR) is 138 cm³/mol. The number of carbonyl (C=O) groups excluding carboxylic acids is 1. The van der Waals surface area contributed by atoms with Gasteiger partial charge >= 0.3 is 0 Å². The van der Waals surface area contributed by atoms with Crippen molar-refractivity contribution < 1.29 is 12.4 Å². The molecule has 0 saturated carbocycles. The smallest absolute Gasteiger partial charge is 0.251 e. The minimum atomic E-state index is -0.0858. The molecule has 7 nitrogen and oxygen atoms in total. The van der Waals surface area contributed by atoms with Crippen LogP contribution in [0.2, 0.25) is 0 Å². The summed E-state index contributed by atoms with van der Waals surface area (Å²) >= 11 is 0. The van der Waals surface area contributed by atoms with Crippen LogP contribution in [0.25, 0.3) is 17.3 Å². The van der Waals surface area contributed by atoms with Crippen LogP contribution < -0.4 is 10.6 Å². The first-order chi connectivity index (χ1) is 16.7. The number of carbonyl (C=O) groups is 1. The van der Waals surface area contributed by atoms with Crippen molar-refractivity contribution in [3.8, 4) is 11.3 Å². The lowest BCUT2D eigenvalue weighted by atomic mass is 10.1. The minimum Gasteiger partial charge on any atom is -0.373 e. The van der Waals surface area contributed by atoms with Crippen LogP contribution in [0, 0.1) is 0 Å². The van der Waals surface area contributed by atoms with Crippen molar-refractivity contribution in [3.05, 3.63) is 77.5 Å². The van der Waals surface area contributed by atoms with E-state index < -0.39 is 0 Å². The summed E-state index contributed by atoms with van der Waals surface area (Å²) in [5, 5.41) is 6.34. The molecule has 178 valence electrons. The maximum Gasteiger partial charge on any atom is 0.251 e. The molecular formula is C27H33N5O2. The highest BCUT2D eigenvalue weighted by atomic mass is 16.5. The molecule has 34 heavy (non-hydrogen) atoms. The highest BCUT2D eigenvalue weighted by Gasteiger charge is 2.13. The van der Waals surface area contributed by atoms with Crippen molar-refractivity contribution in [1.82, 2.24) is 20.2 Å². The van der Waals surface area contributed by atoms with Gasteiger partial charge in [-0.15, -0.1) is 0 Å². The molecule has 3 heterocycles. The minimum absolute atomic E-state index is 0. The number of benzene rings is 2. The molecule has 3 aromatic rings. The van der Waals surface area contributed by atoms with Gasteiger partial charge in [0.05, 0.1) is 18.9 Å². The molecule has 5 rings (SSSR count). The second-order valence-electron chi connectivity index (χ2n) is 8.66. The van der Waals surface area contributed by atoms with Crippen LogP contribution in [0.3, 0.4) is 0 Å². The number of hydrogen-bond donors (Lipinski definition) is 2. The molecule has 0 atom stereocenters. The van der Waals surface area contributed by atoms with Gasteiger partial charge in [-0.2, -0.15) is 0 Å². The molecule has 2 aliphatic heterocycles. The van der Waals surface area contributed by atoms with Crippen LogP contribution in [0.1, 0.15) is 37.2 Å². The van der Waals surface area contributed by atoms with E-state index in [1.54, 1.807) is 6.20 Å². The van der Waals surface area contributed by atoms with E-state index in [0.29, 0.717) is 31.3 Å². The summed E-state index contributed by atoms with van der Waals surface area (Å²) in [7, 11) is 0. The van der Waals surface area contributed by atoms with Gasteiger partial charge in [0.25, 0.3) is 5.91 Å². The summed E-state index contributed by atoms with van der Waals surface area (Å²) in [5.74, 6) is 0.396. The summed E-state index contributed by atoms with van der Waals surface area (Å²) in [6.07, 6.45) is 8.17. The number of rotatable bonds is 4. The number of fused-ring (bicyclic) bond motifs is 7. The molecule has 1 fully saturated rings. The number of amides is 1. The summed E-state index contributed by atoms with van der Waals surface area (Å²) in [6.45, 7) is 4.75. The zero-order chi connectivity index (χ0) is 23.2. The van der Waals surface area contributed by atoms with Gasteiger partial charge in [0.1, 0.15) is 0 Å². The van der Waals surface area contributed by atoms with Crippen molar-refractivity contribution >= 4 is 23.6 Å². The Balaban J connectivity index is 0.00000180. The second-order valence-corrected chi connectivity index (χ2v) is 8.66. The standard InChI is InChI=1S/C27H29N5O2.2H2/c33-26(28-10-13-32-11-1-2-12-32)23-15-20-6-4-14-34-19-21-5-3-7-22(16-21)25-8-9-29-27(31-25)30-24(17-20)18-23;;/h3-9,15-18H,1-2,10-14,19H2,(H,28,33)(H,29,30,31);2*1H/b6-4+;;. The molecule has 1 saturated heterocycles. The first kappa shape index (κ1) is 22.3. The van der Waals surface area contributed by atoms with E-state index in [1.807, 2.05) is 54.6 Å². The second kappa shape index (κ2) is 10.6. The van der Waals surface area contributed by atoms with Crippen molar-refractivity contribution in [2.24, 2.45) is 0 Å². The quantitative estimate of drug-likeness (QED) is 0.586. The number of nitrogens with zero attached hydrogens (tertiary/aromatic N) is 3. The van der Waals surface area contributed by atoms with Crippen LogP contribution in [0.5, 0.6) is 0 Å². The molecule has 7 heteroatoms. The first-order valence-corrected chi connectivity index (χ1v) is 11.8. The molecule has 1 amide bonds. The molecule has 2 aromatic carbocycles. The molecule has 2 aliphatic rings. The number of ether oxygens (including phenoxy) is 1. The van der Waals surface area contributed by atoms with Crippen LogP contribution in [0.4, 0.5) is 11.6 Å². The topological polar surface area (TPSA) is 79.4 Å². The van der Waals surface area contributed by atoms with Crippen LogP contribution >= 0.6 is 0 Å². The summed E-state index contributed by atoms with van der Waals surface area (Å²) in [6, 6.07) is 15.8. The number of hydrogen-bond acceptors (Lipinski definition) is 6. The largest absolute Gasteiger partial charge is 0.373 e. The third-order valence-electron chi connectivity index (χ3n) is 6.06. The Morgan fingerprint density at radius 2 is 2.06 bits per heavy atom. The van der Waals surface area contributed by atoms with Gasteiger partial charge in [0, 0.05) is 39.0 Å². The molecule has 0 spiro atoms. The van der Waals surface area contributed by atoms with E-state index in [2.05, 4.69) is 26.6 Å². The van der Waals surface area contributed by atoms with Gasteiger partial charge in [-0.25, -0.2) is 9.97 Å².